The first kappa shape index (κ1) is 27.1. The van der Waals surface area contributed by atoms with Crippen molar-refractivity contribution in [2.45, 2.75) is 33.1 Å². The topological polar surface area (TPSA) is 94.8 Å². The fraction of sp³-hybridized carbons (Fsp3) is 0.241. The minimum Gasteiger partial charge on any atom is -0.490 e. The number of hydrogen-bond donors (Lipinski definition) is 1. The number of carbonyl (C=O) groups is 1. The van der Waals surface area contributed by atoms with E-state index in [-0.39, 0.29) is 18.1 Å². The summed E-state index contributed by atoms with van der Waals surface area (Å²) in [7, 11) is 0. The SMILES string of the molecule is CCOc1cc(C=Nn2c(C(C)(C)C)nc3ccc(Br)cc3c2=O)ccc1OCC(=O)Nc1ccccc1. The molecular weight excluding hydrogens is 548 g/mol. The van der Waals surface area contributed by atoms with E-state index in [1.54, 1.807) is 42.6 Å². The summed E-state index contributed by atoms with van der Waals surface area (Å²) in [6.07, 6.45) is 1.58. The molecule has 4 rings (SSSR count). The van der Waals surface area contributed by atoms with Crippen LogP contribution in [0.15, 0.2) is 81.1 Å². The molecule has 196 valence electrons. The van der Waals surface area contributed by atoms with Crippen molar-refractivity contribution in [3.63, 3.8) is 0 Å². The third-order valence-electron chi connectivity index (χ3n) is 5.49. The Morgan fingerprint density at radius 3 is 2.53 bits per heavy atom. The van der Waals surface area contributed by atoms with Crippen LogP contribution in [0.3, 0.4) is 0 Å². The van der Waals surface area contributed by atoms with Gasteiger partial charge in [0.1, 0.15) is 5.82 Å². The lowest BCUT2D eigenvalue weighted by Crippen LogP contribution is -2.29. The molecule has 3 aromatic carbocycles. The van der Waals surface area contributed by atoms with Gasteiger partial charge in [-0.2, -0.15) is 9.78 Å². The normalized spacial score (nSPS) is 11.6. The van der Waals surface area contributed by atoms with Crippen LogP contribution in [0.1, 0.15) is 39.1 Å². The highest BCUT2D eigenvalue weighted by Crippen LogP contribution is 2.28. The van der Waals surface area contributed by atoms with E-state index < -0.39 is 5.41 Å². The smallest absolute Gasteiger partial charge is 0.282 e. The maximum atomic E-state index is 13.4. The Balaban J connectivity index is 1.60. The molecule has 1 aromatic heterocycles. The van der Waals surface area contributed by atoms with Crippen molar-refractivity contribution < 1.29 is 14.3 Å². The third kappa shape index (κ3) is 6.47. The highest BCUT2D eigenvalue weighted by Gasteiger charge is 2.23. The summed E-state index contributed by atoms with van der Waals surface area (Å²) < 4.78 is 13.6. The summed E-state index contributed by atoms with van der Waals surface area (Å²) in [6, 6.07) is 19.8. The van der Waals surface area contributed by atoms with Gasteiger partial charge in [-0.25, -0.2) is 4.98 Å². The fourth-order valence-corrected chi connectivity index (χ4v) is 4.08. The number of amides is 1. The number of para-hydroxylation sites is 1. The summed E-state index contributed by atoms with van der Waals surface area (Å²) in [5.74, 6) is 1.15. The highest BCUT2D eigenvalue weighted by atomic mass is 79.9. The number of nitrogens with zero attached hydrogens (tertiary/aromatic N) is 3. The van der Waals surface area contributed by atoms with Crippen LogP contribution in [0, 0.1) is 0 Å². The molecule has 9 heteroatoms. The zero-order valence-electron chi connectivity index (χ0n) is 21.7. The molecule has 0 saturated carbocycles. The maximum absolute atomic E-state index is 13.4. The lowest BCUT2D eigenvalue weighted by Gasteiger charge is -2.21. The van der Waals surface area contributed by atoms with Gasteiger partial charge in [-0.1, -0.05) is 54.9 Å². The van der Waals surface area contributed by atoms with Gasteiger partial charge in [0.05, 0.1) is 23.7 Å². The van der Waals surface area contributed by atoms with Gasteiger partial charge in [0, 0.05) is 15.6 Å². The Kier molecular flexibility index (Phi) is 8.26. The summed E-state index contributed by atoms with van der Waals surface area (Å²) in [6.45, 7) is 8.05. The number of fused-ring (bicyclic) bond motifs is 1. The molecule has 4 aromatic rings. The van der Waals surface area contributed by atoms with Gasteiger partial charge in [0.25, 0.3) is 11.5 Å². The highest BCUT2D eigenvalue weighted by molar-refractivity contribution is 9.10. The van der Waals surface area contributed by atoms with Crippen molar-refractivity contribution in [1.29, 1.82) is 0 Å². The molecule has 0 unspecified atom stereocenters. The van der Waals surface area contributed by atoms with Crippen LogP contribution in [0.2, 0.25) is 0 Å². The number of rotatable bonds is 8. The molecule has 38 heavy (non-hydrogen) atoms. The van der Waals surface area contributed by atoms with Crippen molar-refractivity contribution in [3.05, 3.63) is 92.9 Å². The molecule has 0 radical (unpaired) electrons. The summed E-state index contributed by atoms with van der Waals surface area (Å²) in [4.78, 5) is 30.4. The molecule has 1 N–H and O–H groups in total. The van der Waals surface area contributed by atoms with Crippen molar-refractivity contribution in [2.75, 3.05) is 18.5 Å². The van der Waals surface area contributed by atoms with Crippen molar-refractivity contribution in [1.82, 2.24) is 9.66 Å². The van der Waals surface area contributed by atoms with Crippen LogP contribution in [0.25, 0.3) is 10.9 Å². The number of halogens is 1. The van der Waals surface area contributed by atoms with E-state index in [0.717, 1.165) is 4.47 Å². The lowest BCUT2D eigenvalue weighted by atomic mass is 9.95. The van der Waals surface area contributed by atoms with E-state index >= 15 is 0 Å². The molecule has 0 aliphatic rings. The van der Waals surface area contributed by atoms with Gasteiger partial charge in [-0.3, -0.25) is 9.59 Å². The van der Waals surface area contributed by atoms with Gasteiger partial charge >= 0.3 is 0 Å². The van der Waals surface area contributed by atoms with Crippen LogP contribution in [0.5, 0.6) is 11.5 Å². The summed E-state index contributed by atoms with van der Waals surface area (Å²) >= 11 is 3.43. The first-order chi connectivity index (χ1) is 18.2. The molecule has 0 aliphatic heterocycles. The molecule has 0 atom stereocenters. The number of nitrogens with one attached hydrogen (secondary N) is 1. The minimum atomic E-state index is -0.424. The monoisotopic (exact) mass is 576 g/mol. The zero-order chi connectivity index (χ0) is 27.3. The van der Waals surface area contributed by atoms with Crippen LogP contribution < -0.4 is 20.3 Å². The molecule has 1 heterocycles. The quantitative estimate of drug-likeness (QED) is 0.269. The second-order valence-electron chi connectivity index (χ2n) is 9.55. The molecule has 0 saturated heterocycles. The van der Waals surface area contributed by atoms with Gasteiger partial charge in [0.15, 0.2) is 18.1 Å². The fourth-order valence-electron chi connectivity index (χ4n) is 3.72. The molecule has 8 nitrogen and oxygen atoms in total. The molecule has 0 fully saturated rings. The zero-order valence-corrected chi connectivity index (χ0v) is 23.3. The molecular formula is C29H29BrN4O4. The lowest BCUT2D eigenvalue weighted by molar-refractivity contribution is -0.118. The number of anilines is 1. The molecule has 0 aliphatic carbocycles. The second-order valence-corrected chi connectivity index (χ2v) is 10.5. The van der Waals surface area contributed by atoms with Gasteiger partial charge in [-0.05, 0) is 61.0 Å². The number of aromatic nitrogens is 2. The average Bonchev–Trinajstić information content (AvgIpc) is 2.88. The Hall–Kier alpha value is -3.98. The predicted octanol–water partition coefficient (Wildman–Crippen LogP) is 5.75. The Bertz CT molecular complexity index is 1540. The van der Waals surface area contributed by atoms with E-state index in [1.165, 1.54) is 4.68 Å². The van der Waals surface area contributed by atoms with E-state index in [0.29, 0.717) is 46.1 Å². The largest absolute Gasteiger partial charge is 0.490 e. The number of hydrogen-bond acceptors (Lipinski definition) is 6. The van der Waals surface area contributed by atoms with Gasteiger partial charge < -0.3 is 14.8 Å². The Labute approximate surface area is 229 Å². The number of carbonyl (C=O) groups excluding carboxylic acids is 1. The van der Waals surface area contributed by atoms with E-state index in [9.17, 15) is 9.59 Å². The minimum absolute atomic E-state index is 0.176. The van der Waals surface area contributed by atoms with Crippen LogP contribution >= 0.6 is 15.9 Å². The van der Waals surface area contributed by atoms with Crippen molar-refractivity contribution in [2.24, 2.45) is 5.10 Å². The van der Waals surface area contributed by atoms with E-state index in [4.69, 9.17) is 14.5 Å². The Morgan fingerprint density at radius 1 is 1.05 bits per heavy atom. The number of ether oxygens (including phenoxy) is 2. The predicted molar refractivity (Wildman–Crippen MR) is 154 cm³/mol. The van der Waals surface area contributed by atoms with Crippen molar-refractivity contribution >= 4 is 44.6 Å². The maximum Gasteiger partial charge on any atom is 0.282 e. The van der Waals surface area contributed by atoms with E-state index in [2.05, 4.69) is 26.3 Å². The van der Waals surface area contributed by atoms with Gasteiger partial charge in [-0.15, -0.1) is 0 Å². The first-order valence-corrected chi connectivity index (χ1v) is 13.0. The third-order valence-corrected chi connectivity index (χ3v) is 5.98. The Morgan fingerprint density at radius 2 is 1.82 bits per heavy atom. The average molecular weight is 577 g/mol. The molecule has 0 bridgehead atoms. The van der Waals surface area contributed by atoms with Crippen LogP contribution in [-0.2, 0) is 10.2 Å². The second kappa shape index (κ2) is 11.6. The van der Waals surface area contributed by atoms with E-state index in [1.807, 2.05) is 58.0 Å². The van der Waals surface area contributed by atoms with Crippen LogP contribution in [0.4, 0.5) is 5.69 Å². The molecule has 0 spiro atoms. The van der Waals surface area contributed by atoms with Crippen LogP contribution in [-0.4, -0.2) is 35.0 Å². The summed E-state index contributed by atoms with van der Waals surface area (Å²) in [5, 5.41) is 7.77. The van der Waals surface area contributed by atoms with Crippen molar-refractivity contribution in [3.8, 4) is 11.5 Å². The molecule has 1 amide bonds. The first-order valence-electron chi connectivity index (χ1n) is 12.2. The standard InChI is InChI=1S/C29H29BrN4O4/c1-5-37-25-15-19(11-14-24(25)38-18-26(35)32-21-9-7-6-8-10-21)17-31-34-27(36)22-16-20(30)12-13-23(22)33-28(34)29(2,3)4/h6-17H,5,18H2,1-4H3,(H,32,35). The van der Waals surface area contributed by atoms with Gasteiger partial charge in [0.2, 0.25) is 0 Å². The summed E-state index contributed by atoms with van der Waals surface area (Å²) in [5.41, 5.74) is 1.32. The number of benzene rings is 3.